The monoisotopic (exact) mass is 309 g/mol. The molecule has 1 rings (SSSR count). The number of methoxy groups -OCH3 is 1. The first-order valence-corrected chi connectivity index (χ1v) is 5.74. The molecule has 22 heavy (non-hydrogen) atoms. The highest BCUT2D eigenvalue weighted by Gasteiger charge is 2.22. The molecule has 1 N–H and O–H groups in total. The van der Waals surface area contributed by atoms with Crippen LogP contribution in [-0.4, -0.2) is 35.0 Å². The van der Waals surface area contributed by atoms with Crippen LogP contribution < -0.4 is 4.74 Å². The smallest absolute Gasteiger partial charge is 0.338 e. The van der Waals surface area contributed by atoms with E-state index in [1.165, 1.54) is 6.07 Å². The second-order valence-corrected chi connectivity index (χ2v) is 3.99. The minimum atomic E-state index is -1.38. The van der Waals surface area contributed by atoms with Crippen molar-refractivity contribution >= 4 is 23.6 Å². The van der Waals surface area contributed by atoms with Gasteiger partial charge in [0.05, 0.1) is 24.0 Å². The molecule has 1 aromatic rings. The third-order valence-corrected chi connectivity index (χ3v) is 2.46. The van der Waals surface area contributed by atoms with Gasteiger partial charge < -0.3 is 14.6 Å². The Morgan fingerprint density at radius 1 is 1.36 bits per heavy atom. The fourth-order valence-corrected chi connectivity index (χ4v) is 1.40. The summed E-state index contributed by atoms with van der Waals surface area (Å²) in [6, 6.07) is 3.11. The number of hydrogen-bond acceptors (Lipinski definition) is 7. The summed E-state index contributed by atoms with van der Waals surface area (Å²) in [6.07, 6.45) is -0.634. The van der Waals surface area contributed by atoms with Gasteiger partial charge in [-0.15, -0.1) is 0 Å². The van der Waals surface area contributed by atoms with Crippen molar-refractivity contribution in [3.05, 3.63) is 46.0 Å². The van der Waals surface area contributed by atoms with Gasteiger partial charge in [-0.3, -0.25) is 14.9 Å². The van der Waals surface area contributed by atoms with Crippen LogP contribution in [0.2, 0.25) is 0 Å². The molecule has 0 saturated carbocycles. The van der Waals surface area contributed by atoms with E-state index in [4.69, 9.17) is 9.84 Å². The molecule has 0 aliphatic carbocycles. The number of carbonyl (C=O) groups is 3. The molecule has 0 saturated heterocycles. The average Bonchev–Trinajstić information content (AvgIpc) is 2.46. The van der Waals surface area contributed by atoms with Gasteiger partial charge >= 0.3 is 23.6 Å². The van der Waals surface area contributed by atoms with E-state index < -0.39 is 46.3 Å². The highest BCUT2D eigenvalue weighted by Crippen LogP contribution is 2.28. The summed E-state index contributed by atoms with van der Waals surface area (Å²) in [7, 11) is 1.11. The Kier molecular flexibility index (Phi) is 5.33. The van der Waals surface area contributed by atoms with E-state index in [2.05, 4.69) is 11.3 Å². The van der Waals surface area contributed by atoms with Gasteiger partial charge in [0.1, 0.15) is 0 Å². The first-order chi connectivity index (χ1) is 10.3. The van der Waals surface area contributed by atoms with E-state index in [0.29, 0.717) is 0 Å². The molecule has 0 aromatic heterocycles. The summed E-state index contributed by atoms with van der Waals surface area (Å²) in [6.45, 7) is 3.15. The number of carboxylic acids is 1. The predicted molar refractivity (Wildman–Crippen MR) is 71.5 cm³/mol. The summed E-state index contributed by atoms with van der Waals surface area (Å²) in [5.41, 5.74) is -1.14. The zero-order valence-electron chi connectivity index (χ0n) is 11.4. The first-order valence-electron chi connectivity index (χ1n) is 5.74. The molecule has 0 heterocycles. The highest BCUT2D eigenvalue weighted by atomic mass is 16.6. The van der Waals surface area contributed by atoms with Crippen LogP contribution in [0.25, 0.3) is 0 Å². The summed E-state index contributed by atoms with van der Waals surface area (Å²) in [5.74, 6) is -3.62. The Morgan fingerprint density at radius 2 is 2.00 bits per heavy atom. The Balaban J connectivity index is 3.02. The molecule has 9 nitrogen and oxygen atoms in total. The van der Waals surface area contributed by atoms with Crippen molar-refractivity contribution in [1.82, 2.24) is 0 Å². The SMILES string of the molecule is C=C(CC(=O)Oc1ccc(C(=O)OC)cc1[N+](=O)[O-])C(=O)O. The third-order valence-electron chi connectivity index (χ3n) is 2.46. The zero-order valence-corrected chi connectivity index (χ0v) is 11.4. The molecule has 0 fully saturated rings. The number of rotatable bonds is 6. The van der Waals surface area contributed by atoms with Crippen LogP contribution in [0.3, 0.4) is 0 Å². The van der Waals surface area contributed by atoms with Gasteiger partial charge in [0, 0.05) is 11.6 Å². The summed E-state index contributed by atoms with van der Waals surface area (Å²) >= 11 is 0. The van der Waals surface area contributed by atoms with E-state index >= 15 is 0 Å². The van der Waals surface area contributed by atoms with Crippen LogP contribution >= 0.6 is 0 Å². The normalized spacial score (nSPS) is 9.68. The molecule has 0 aliphatic rings. The molecule has 0 bridgehead atoms. The molecule has 9 heteroatoms. The van der Waals surface area contributed by atoms with Crippen LogP contribution in [0.1, 0.15) is 16.8 Å². The predicted octanol–water partition coefficient (Wildman–Crippen LogP) is 1.32. The molecule has 0 radical (unpaired) electrons. The van der Waals surface area contributed by atoms with Crippen molar-refractivity contribution in [3.63, 3.8) is 0 Å². The van der Waals surface area contributed by atoms with Crippen molar-refractivity contribution in [2.24, 2.45) is 0 Å². The minimum Gasteiger partial charge on any atom is -0.478 e. The first kappa shape index (κ1) is 16.8. The number of esters is 2. The lowest BCUT2D eigenvalue weighted by molar-refractivity contribution is -0.385. The number of carboxylic acid groups (broad SMARTS) is 1. The number of aliphatic carboxylic acids is 1. The lowest BCUT2D eigenvalue weighted by Gasteiger charge is -2.06. The molecular weight excluding hydrogens is 298 g/mol. The quantitative estimate of drug-likeness (QED) is 0.273. The lowest BCUT2D eigenvalue weighted by Crippen LogP contribution is -2.13. The van der Waals surface area contributed by atoms with Crippen LogP contribution in [-0.2, 0) is 14.3 Å². The summed E-state index contributed by atoms with van der Waals surface area (Å²) < 4.78 is 9.16. The lowest BCUT2D eigenvalue weighted by atomic mass is 10.2. The standard InChI is InChI=1S/C13H11NO8/c1-7(12(16)17)5-11(15)22-10-4-3-8(13(18)21-2)6-9(10)14(19)20/h3-4,6H,1,5H2,2H3,(H,16,17). The van der Waals surface area contributed by atoms with E-state index in [1.807, 2.05) is 0 Å². The second-order valence-electron chi connectivity index (χ2n) is 3.99. The molecule has 116 valence electrons. The fourth-order valence-electron chi connectivity index (χ4n) is 1.40. The molecule has 0 spiro atoms. The number of carbonyl (C=O) groups excluding carboxylic acids is 2. The average molecular weight is 309 g/mol. The number of nitrogens with zero attached hydrogens (tertiary/aromatic N) is 1. The van der Waals surface area contributed by atoms with E-state index in [0.717, 1.165) is 19.2 Å². The highest BCUT2D eigenvalue weighted by molar-refractivity contribution is 5.93. The van der Waals surface area contributed by atoms with Crippen LogP contribution in [0, 0.1) is 10.1 Å². The van der Waals surface area contributed by atoms with Gasteiger partial charge in [0.15, 0.2) is 0 Å². The molecule has 0 aliphatic heterocycles. The molecule has 1 aromatic carbocycles. The number of nitro benzene ring substituents is 1. The van der Waals surface area contributed by atoms with E-state index in [1.54, 1.807) is 0 Å². The van der Waals surface area contributed by atoms with E-state index in [9.17, 15) is 24.5 Å². The number of hydrogen-bond donors (Lipinski definition) is 1. The Bertz CT molecular complexity index is 664. The maximum absolute atomic E-state index is 11.5. The zero-order chi connectivity index (χ0) is 16.9. The summed E-state index contributed by atoms with van der Waals surface area (Å²) in [4.78, 5) is 43.5. The van der Waals surface area contributed by atoms with Gasteiger partial charge in [0.2, 0.25) is 5.75 Å². The van der Waals surface area contributed by atoms with Crippen LogP contribution in [0.5, 0.6) is 5.75 Å². The summed E-state index contributed by atoms with van der Waals surface area (Å²) in [5, 5.41) is 19.5. The van der Waals surface area contributed by atoms with Gasteiger partial charge in [0.25, 0.3) is 0 Å². The van der Waals surface area contributed by atoms with Gasteiger partial charge in [-0.05, 0) is 12.1 Å². The van der Waals surface area contributed by atoms with Gasteiger partial charge in [-0.1, -0.05) is 6.58 Å². The van der Waals surface area contributed by atoms with Crippen molar-refractivity contribution < 1.29 is 33.9 Å². The number of nitro groups is 1. The maximum atomic E-state index is 11.5. The largest absolute Gasteiger partial charge is 0.478 e. The van der Waals surface area contributed by atoms with Crippen LogP contribution in [0.4, 0.5) is 5.69 Å². The number of benzene rings is 1. The minimum absolute atomic E-state index is 0.0936. The van der Waals surface area contributed by atoms with Crippen molar-refractivity contribution in [2.45, 2.75) is 6.42 Å². The Hall–Kier alpha value is -3.23. The van der Waals surface area contributed by atoms with Crippen molar-refractivity contribution in [3.8, 4) is 5.75 Å². The third kappa shape index (κ3) is 4.13. The Morgan fingerprint density at radius 3 is 2.50 bits per heavy atom. The Labute approximate surface area is 123 Å². The number of ether oxygens (including phenoxy) is 2. The second kappa shape index (κ2) is 6.97. The van der Waals surface area contributed by atoms with Crippen molar-refractivity contribution in [1.29, 1.82) is 0 Å². The molecular formula is C13H11NO8. The van der Waals surface area contributed by atoms with Crippen molar-refractivity contribution in [2.75, 3.05) is 7.11 Å². The fraction of sp³-hybridized carbons (Fsp3) is 0.154. The molecule has 0 amide bonds. The van der Waals surface area contributed by atoms with Gasteiger partial charge in [-0.2, -0.15) is 0 Å². The molecule has 0 unspecified atom stereocenters. The van der Waals surface area contributed by atoms with Crippen LogP contribution in [0.15, 0.2) is 30.4 Å². The molecule has 0 atom stereocenters. The topological polar surface area (TPSA) is 133 Å². The van der Waals surface area contributed by atoms with E-state index in [-0.39, 0.29) is 5.56 Å². The van der Waals surface area contributed by atoms with Gasteiger partial charge in [-0.25, -0.2) is 9.59 Å². The maximum Gasteiger partial charge on any atom is 0.338 e.